The molecule has 0 bridgehead atoms. The first kappa shape index (κ1) is 26.9. The molecule has 14 heteroatoms. The molecule has 3 aromatic rings. The predicted molar refractivity (Wildman–Crippen MR) is 124 cm³/mol. The number of hydrogen-bond acceptors (Lipinski definition) is 6. The number of nitrogens with one attached hydrogen (secondary N) is 1. The van der Waals surface area contributed by atoms with Gasteiger partial charge in [0, 0.05) is 18.7 Å². The molecule has 0 radical (unpaired) electrons. The van der Waals surface area contributed by atoms with Crippen molar-refractivity contribution in [3.63, 3.8) is 0 Å². The van der Waals surface area contributed by atoms with Crippen molar-refractivity contribution in [1.29, 1.82) is 5.41 Å². The van der Waals surface area contributed by atoms with Crippen LogP contribution in [0.4, 0.5) is 26.3 Å². The largest absolute Gasteiger partial charge is 0.416 e. The lowest BCUT2D eigenvalue weighted by molar-refractivity contribution is -0.143. The van der Waals surface area contributed by atoms with E-state index in [2.05, 4.69) is 15.3 Å². The van der Waals surface area contributed by atoms with Crippen molar-refractivity contribution in [3.8, 4) is 11.4 Å². The zero-order chi connectivity index (χ0) is 27.7. The summed E-state index contributed by atoms with van der Waals surface area (Å²) in [5, 5.41) is 15.4. The van der Waals surface area contributed by atoms with Gasteiger partial charge >= 0.3 is 12.4 Å². The van der Waals surface area contributed by atoms with E-state index >= 15 is 0 Å². The number of aromatic nitrogens is 2. The number of nitrogens with zero attached hydrogens (tertiary/aromatic N) is 4. The first-order valence-electron chi connectivity index (χ1n) is 11.3. The number of hydrogen-bond donors (Lipinski definition) is 2. The molecule has 0 spiro atoms. The molecule has 1 atom stereocenters. The lowest BCUT2D eigenvalue weighted by atomic mass is 10.1. The van der Waals surface area contributed by atoms with Crippen molar-refractivity contribution in [2.45, 2.75) is 38.2 Å². The minimum absolute atomic E-state index is 0.00951. The summed E-state index contributed by atoms with van der Waals surface area (Å²) in [7, 11) is 0. The van der Waals surface area contributed by atoms with Crippen LogP contribution in [-0.2, 0) is 23.8 Å². The second-order valence-electron chi connectivity index (χ2n) is 8.71. The number of halogens is 6. The van der Waals surface area contributed by atoms with Crippen LogP contribution < -0.4 is 5.73 Å². The number of likely N-dealkylation sites (tertiary alicyclic amines) is 1. The molecule has 8 nitrogen and oxygen atoms in total. The molecule has 0 saturated carbocycles. The van der Waals surface area contributed by atoms with Crippen LogP contribution >= 0.6 is 0 Å². The molecular formula is C24H22F6N6O2. The van der Waals surface area contributed by atoms with Gasteiger partial charge in [-0.3, -0.25) is 5.41 Å². The van der Waals surface area contributed by atoms with Gasteiger partial charge in [-0.15, -0.1) is 0 Å². The molecule has 3 N–H and O–H groups in total. The van der Waals surface area contributed by atoms with Crippen LogP contribution in [0, 0.1) is 5.41 Å². The zero-order valence-electron chi connectivity index (χ0n) is 19.9. The third-order valence-electron chi connectivity index (χ3n) is 5.96. The van der Waals surface area contributed by atoms with Gasteiger partial charge in [0.25, 0.3) is 0 Å². The standard InChI is InChI=1S/C24H22F6N6O2/c1-13(34-37-12-14-8-18(23(25,26)27)10-19(9-14)24(28,29)30)15-2-4-16(5-3-15)20-33-21(38-35-20)17-6-7-36(11-17)22(31)32/h2-5,8-10,17H,6-7,11-12H2,1H3,(H3,31,32)/b34-13+/t17-/m1/s1. The SMILES string of the molecule is C/C(=N\OCc1cc(C(F)(F)F)cc(C(F)(F)F)c1)c1ccc(-c2noc([C@@H]3CCN(C(=N)N)C3)n2)cc1. The topological polar surface area (TPSA) is 114 Å². The Balaban J connectivity index is 1.41. The number of rotatable bonds is 6. The van der Waals surface area contributed by atoms with E-state index in [0.717, 1.165) is 6.42 Å². The van der Waals surface area contributed by atoms with Crippen LogP contribution in [0.5, 0.6) is 0 Å². The minimum Gasteiger partial charge on any atom is -0.391 e. The highest BCUT2D eigenvalue weighted by Crippen LogP contribution is 2.36. The number of alkyl halides is 6. The molecule has 202 valence electrons. The molecule has 1 aromatic heterocycles. The summed E-state index contributed by atoms with van der Waals surface area (Å²) in [5.74, 6) is 0.769. The highest BCUT2D eigenvalue weighted by atomic mass is 19.4. The molecule has 0 unspecified atom stereocenters. The van der Waals surface area contributed by atoms with Crippen LogP contribution in [-0.4, -0.2) is 39.8 Å². The lowest BCUT2D eigenvalue weighted by Gasteiger charge is -2.14. The lowest BCUT2D eigenvalue weighted by Crippen LogP contribution is -2.34. The van der Waals surface area contributed by atoms with Crippen molar-refractivity contribution in [1.82, 2.24) is 15.0 Å². The molecule has 1 saturated heterocycles. The fourth-order valence-electron chi connectivity index (χ4n) is 3.92. The van der Waals surface area contributed by atoms with Crippen LogP contribution in [0.1, 0.15) is 47.4 Å². The van der Waals surface area contributed by atoms with E-state index in [1.807, 2.05) is 0 Å². The van der Waals surface area contributed by atoms with E-state index in [0.29, 0.717) is 53.8 Å². The highest BCUT2D eigenvalue weighted by molar-refractivity contribution is 5.98. The van der Waals surface area contributed by atoms with E-state index in [-0.39, 0.29) is 23.5 Å². The molecule has 2 heterocycles. The first-order chi connectivity index (χ1) is 17.8. The molecule has 1 fully saturated rings. The average molecular weight is 540 g/mol. The van der Waals surface area contributed by atoms with Gasteiger partial charge in [0.15, 0.2) is 5.96 Å². The molecule has 0 amide bonds. The summed E-state index contributed by atoms with van der Waals surface area (Å²) in [6.45, 7) is 2.14. The Labute approximate surface area is 212 Å². The van der Waals surface area contributed by atoms with Gasteiger partial charge < -0.3 is 20.0 Å². The van der Waals surface area contributed by atoms with Crippen molar-refractivity contribution in [2.75, 3.05) is 13.1 Å². The normalized spacial score (nSPS) is 16.7. The Morgan fingerprint density at radius 3 is 2.29 bits per heavy atom. The smallest absolute Gasteiger partial charge is 0.391 e. The Morgan fingerprint density at radius 2 is 1.74 bits per heavy atom. The Kier molecular flexibility index (Phi) is 7.33. The van der Waals surface area contributed by atoms with E-state index < -0.39 is 30.1 Å². The molecule has 1 aliphatic rings. The van der Waals surface area contributed by atoms with Gasteiger partial charge in [0.05, 0.1) is 22.8 Å². The average Bonchev–Trinajstić information content (AvgIpc) is 3.53. The number of nitrogens with two attached hydrogens (primary N) is 1. The first-order valence-corrected chi connectivity index (χ1v) is 11.3. The summed E-state index contributed by atoms with van der Waals surface area (Å²) in [6.07, 6.45) is -9.15. The van der Waals surface area contributed by atoms with Gasteiger partial charge in [0.1, 0.15) is 6.61 Å². The molecule has 2 aromatic carbocycles. The fraction of sp³-hybridized carbons (Fsp3) is 0.333. The summed E-state index contributed by atoms with van der Waals surface area (Å²) >= 11 is 0. The maximum atomic E-state index is 13.0. The number of oxime groups is 1. The van der Waals surface area contributed by atoms with Crippen LogP contribution in [0.25, 0.3) is 11.4 Å². The zero-order valence-corrected chi connectivity index (χ0v) is 19.9. The van der Waals surface area contributed by atoms with Crippen LogP contribution in [0.2, 0.25) is 0 Å². The quantitative estimate of drug-likeness (QED) is 0.187. The van der Waals surface area contributed by atoms with E-state index in [9.17, 15) is 26.3 Å². The third-order valence-corrected chi connectivity index (χ3v) is 5.96. The Bertz CT molecular complexity index is 1300. The molecule has 1 aliphatic heterocycles. The van der Waals surface area contributed by atoms with E-state index in [4.69, 9.17) is 20.5 Å². The molecule has 0 aliphatic carbocycles. The predicted octanol–water partition coefficient (Wildman–Crippen LogP) is 5.40. The Morgan fingerprint density at radius 1 is 1.11 bits per heavy atom. The van der Waals surface area contributed by atoms with E-state index in [1.54, 1.807) is 36.1 Å². The summed E-state index contributed by atoms with van der Waals surface area (Å²) in [5.41, 5.74) is 3.97. The summed E-state index contributed by atoms with van der Waals surface area (Å²) < 4.78 is 83.5. The summed E-state index contributed by atoms with van der Waals surface area (Å²) in [4.78, 5) is 11.2. The van der Waals surface area contributed by atoms with Crippen molar-refractivity contribution in [3.05, 3.63) is 70.6 Å². The van der Waals surface area contributed by atoms with Crippen molar-refractivity contribution >= 4 is 11.7 Å². The van der Waals surface area contributed by atoms with Gasteiger partial charge in [0.2, 0.25) is 11.7 Å². The van der Waals surface area contributed by atoms with Gasteiger partial charge in [-0.25, -0.2) is 0 Å². The van der Waals surface area contributed by atoms with Crippen molar-refractivity contribution in [2.24, 2.45) is 10.9 Å². The van der Waals surface area contributed by atoms with Crippen LogP contribution in [0.15, 0.2) is 52.1 Å². The summed E-state index contributed by atoms with van der Waals surface area (Å²) in [6, 6.07) is 8.04. The second kappa shape index (κ2) is 10.3. The number of guanidine groups is 1. The second-order valence-corrected chi connectivity index (χ2v) is 8.71. The maximum Gasteiger partial charge on any atom is 0.416 e. The molecule has 4 rings (SSSR count). The van der Waals surface area contributed by atoms with Crippen LogP contribution in [0.3, 0.4) is 0 Å². The monoisotopic (exact) mass is 540 g/mol. The third kappa shape index (κ3) is 6.23. The van der Waals surface area contributed by atoms with Gasteiger partial charge in [-0.1, -0.05) is 34.6 Å². The highest BCUT2D eigenvalue weighted by Gasteiger charge is 2.37. The maximum absolute atomic E-state index is 13.0. The molecular weight excluding hydrogens is 518 g/mol. The van der Waals surface area contributed by atoms with Crippen molar-refractivity contribution < 1.29 is 35.7 Å². The van der Waals surface area contributed by atoms with E-state index in [1.165, 1.54) is 0 Å². The van der Waals surface area contributed by atoms with Gasteiger partial charge in [-0.2, -0.15) is 31.3 Å². The minimum atomic E-state index is -4.94. The number of benzene rings is 2. The fourth-order valence-corrected chi connectivity index (χ4v) is 3.92. The molecule has 38 heavy (non-hydrogen) atoms. The van der Waals surface area contributed by atoms with Gasteiger partial charge in [-0.05, 0) is 42.7 Å². The Hall–Kier alpha value is -4.10.